The lowest BCUT2D eigenvalue weighted by Gasteiger charge is -2.42. The Kier molecular flexibility index (Phi) is 4.97. The molecular formula is C21H29N3O3. The summed E-state index contributed by atoms with van der Waals surface area (Å²) in [5.41, 5.74) is 3.49. The first-order valence-electron chi connectivity index (χ1n) is 9.77. The molecule has 2 saturated heterocycles. The van der Waals surface area contributed by atoms with Crippen LogP contribution in [-0.2, 0) is 22.6 Å². The van der Waals surface area contributed by atoms with Crippen molar-refractivity contribution in [3.05, 3.63) is 35.5 Å². The largest absolute Gasteiger partial charge is 0.468 e. The van der Waals surface area contributed by atoms with Crippen LogP contribution in [0.25, 0.3) is 10.9 Å². The van der Waals surface area contributed by atoms with Crippen LogP contribution in [0, 0.1) is 6.92 Å². The first-order chi connectivity index (χ1) is 13.0. The van der Waals surface area contributed by atoms with Crippen LogP contribution in [0.2, 0.25) is 0 Å². The molecule has 1 N–H and O–H groups in total. The van der Waals surface area contributed by atoms with Crippen molar-refractivity contribution in [2.45, 2.75) is 51.5 Å². The van der Waals surface area contributed by atoms with Gasteiger partial charge in [0, 0.05) is 54.9 Å². The summed E-state index contributed by atoms with van der Waals surface area (Å²) in [7, 11) is 1.43. The van der Waals surface area contributed by atoms with Gasteiger partial charge in [-0.2, -0.15) is 0 Å². The van der Waals surface area contributed by atoms with Crippen LogP contribution >= 0.6 is 0 Å². The first kappa shape index (κ1) is 18.5. The molecule has 0 bridgehead atoms. The van der Waals surface area contributed by atoms with Gasteiger partial charge in [-0.1, -0.05) is 18.2 Å². The summed E-state index contributed by atoms with van der Waals surface area (Å²) in [6.45, 7) is 8.25. The molecule has 0 unspecified atom stereocenters. The monoisotopic (exact) mass is 371 g/mol. The Hall–Kier alpha value is -1.89. The van der Waals surface area contributed by atoms with E-state index in [1.165, 1.54) is 18.1 Å². The lowest BCUT2D eigenvalue weighted by atomic mass is 10.0. The van der Waals surface area contributed by atoms with Gasteiger partial charge >= 0.3 is 5.97 Å². The minimum Gasteiger partial charge on any atom is -0.468 e. The fourth-order valence-corrected chi connectivity index (χ4v) is 4.80. The molecule has 1 aromatic heterocycles. The normalized spacial score (nSPS) is 26.4. The highest BCUT2D eigenvalue weighted by Crippen LogP contribution is 2.31. The number of nitrogens with zero attached hydrogens (tertiary/aromatic N) is 3. The van der Waals surface area contributed by atoms with E-state index in [9.17, 15) is 9.90 Å². The number of esters is 1. The van der Waals surface area contributed by atoms with E-state index in [0.29, 0.717) is 12.1 Å². The Morgan fingerprint density at radius 1 is 1.26 bits per heavy atom. The number of hydrogen-bond donors (Lipinski definition) is 1. The Labute approximate surface area is 160 Å². The molecule has 6 nitrogen and oxygen atoms in total. The summed E-state index contributed by atoms with van der Waals surface area (Å²) in [4.78, 5) is 16.9. The standard InChI is InChI=1S/C21H29N3O3/c1-14-9-23-11-17(25)8-16(23)10-22(14)12-19-15(2)24(13-21(26)27-3)20-7-5-4-6-18(19)20/h4-7,14,16-17,25H,8-13H2,1-3H3/t14-,16-,17-/m1/s1. The van der Waals surface area contributed by atoms with Gasteiger partial charge in [-0.05, 0) is 31.9 Å². The predicted molar refractivity (Wildman–Crippen MR) is 105 cm³/mol. The zero-order valence-corrected chi connectivity index (χ0v) is 16.4. The molecule has 0 amide bonds. The van der Waals surface area contributed by atoms with E-state index in [1.54, 1.807) is 0 Å². The van der Waals surface area contributed by atoms with E-state index >= 15 is 0 Å². The van der Waals surface area contributed by atoms with Gasteiger partial charge in [0.2, 0.25) is 0 Å². The van der Waals surface area contributed by atoms with Crippen molar-refractivity contribution < 1.29 is 14.6 Å². The van der Waals surface area contributed by atoms with Crippen molar-refractivity contribution >= 4 is 16.9 Å². The molecule has 0 radical (unpaired) electrons. The third-order valence-electron chi connectivity index (χ3n) is 6.31. The number of piperazine rings is 1. The molecule has 3 atom stereocenters. The first-order valence-corrected chi connectivity index (χ1v) is 9.77. The lowest BCUT2D eigenvalue weighted by Crippen LogP contribution is -2.54. The average Bonchev–Trinajstić information content (AvgIpc) is 3.13. The molecule has 2 aliphatic heterocycles. The second-order valence-corrected chi connectivity index (χ2v) is 8.02. The Morgan fingerprint density at radius 3 is 2.81 bits per heavy atom. The quantitative estimate of drug-likeness (QED) is 0.830. The van der Waals surface area contributed by atoms with Gasteiger partial charge in [0.15, 0.2) is 0 Å². The van der Waals surface area contributed by atoms with Crippen molar-refractivity contribution in [2.75, 3.05) is 26.7 Å². The minimum atomic E-state index is -0.229. The van der Waals surface area contributed by atoms with Crippen molar-refractivity contribution in [2.24, 2.45) is 0 Å². The summed E-state index contributed by atoms with van der Waals surface area (Å²) in [5.74, 6) is -0.229. The van der Waals surface area contributed by atoms with Crippen LogP contribution in [0.5, 0.6) is 0 Å². The van der Waals surface area contributed by atoms with Crippen LogP contribution in [0.15, 0.2) is 24.3 Å². The van der Waals surface area contributed by atoms with Gasteiger partial charge in [-0.25, -0.2) is 0 Å². The number of rotatable bonds is 4. The molecule has 0 saturated carbocycles. The van der Waals surface area contributed by atoms with E-state index in [2.05, 4.69) is 46.4 Å². The van der Waals surface area contributed by atoms with Crippen molar-refractivity contribution in [3.8, 4) is 0 Å². The molecule has 2 aromatic rings. The number of carbonyl (C=O) groups is 1. The van der Waals surface area contributed by atoms with E-state index < -0.39 is 0 Å². The number of benzene rings is 1. The molecule has 27 heavy (non-hydrogen) atoms. The number of aliphatic hydroxyl groups is 1. The van der Waals surface area contributed by atoms with Gasteiger partial charge in [0.1, 0.15) is 6.54 Å². The third kappa shape index (κ3) is 3.37. The molecule has 4 rings (SSSR count). The van der Waals surface area contributed by atoms with Crippen molar-refractivity contribution in [3.63, 3.8) is 0 Å². The van der Waals surface area contributed by atoms with Gasteiger partial charge in [0.05, 0.1) is 13.2 Å². The molecule has 2 fully saturated rings. The lowest BCUT2D eigenvalue weighted by molar-refractivity contribution is -0.141. The second-order valence-electron chi connectivity index (χ2n) is 8.02. The number of carbonyl (C=O) groups excluding carboxylic acids is 1. The number of fused-ring (bicyclic) bond motifs is 2. The predicted octanol–water partition coefficient (Wildman–Crippen LogP) is 1.76. The highest BCUT2D eigenvalue weighted by Gasteiger charge is 2.38. The molecule has 0 aliphatic carbocycles. The summed E-state index contributed by atoms with van der Waals surface area (Å²) >= 11 is 0. The number of hydrogen-bond acceptors (Lipinski definition) is 5. The highest BCUT2D eigenvalue weighted by molar-refractivity contribution is 5.87. The topological polar surface area (TPSA) is 57.9 Å². The van der Waals surface area contributed by atoms with Crippen LogP contribution < -0.4 is 0 Å². The van der Waals surface area contributed by atoms with E-state index in [4.69, 9.17) is 4.74 Å². The highest BCUT2D eigenvalue weighted by atomic mass is 16.5. The van der Waals surface area contributed by atoms with Crippen LogP contribution in [0.4, 0.5) is 0 Å². The van der Waals surface area contributed by atoms with E-state index in [-0.39, 0.29) is 18.6 Å². The van der Waals surface area contributed by atoms with Gasteiger partial charge in [-0.3, -0.25) is 14.6 Å². The van der Waals surface area contributed by atoms with Crippen LogP contribution in [0.1, 0.15) is 24.6 Å². The Morgan fingerprint density at radius 2 is 2.04 bits per heavy atom. The van der Waals surface area contributed by atoms with Gasteiger partial charge < -0.3 is 14.4 Å². The zero-order valence-electron chi connectivity index (χ0n) is 16.4. The zero-order chi connectivity index (χ0) is 19.1. The second kappa shape index (κ2) is 7.26. The van der Waals surface area contributed by atoms with Gasteiger partial charge in [0.25, 0.3) is 0 Å². The maximum atomic E-state index is 11.9. The molecule has 2 aliphatic rings. The van der Waals surface area contributed by atoms with Crippen molar-refractivity contribution in [1.29, 1.82) is 0 Å². The average molecular weight is 371 g/mol. The molecule has 3 heterocycles. The van der Waals surface area contributed by atoms with Gasteiger partial charge in [-0.15, -0.1) is 0 Å². The van der Waals surface area contributed by atoms with E-state index in [0.717, 1.165) is 43.8 Å². The fourth-order valence-electron chi connectivity index (χ4n) is 4.80. The number of aromatic nitrogens is 1. The maximum Gasteiger partial charge on any atom is 0.325 e. The Balaban J connectivity index is 1.64. The molecular weight excluding hydrogens is 342 g/mol. The summed E-state index contributed by atoms with van der Waals surface area (Å²) in [5, 5.41) is 11.2. The molecule has 6 heteroatoms. The van der Waals surface area contributed by atoms with E-state index in [1.807, 2.05) is 6.07 Å². The van der Waals surface area contributed by atoms with Crippen LogP contribution in [0.3, 0.4) is 0 Å². The summed E-state index contributed by atoms with van der Waals surface area (Å²) < 4.78 is 6.96. The smallest absolute Gasteiger partial charge is 0.325 e. The maximum absolute atomic E-state index is 11.9. The minimum absolute atomic E-state index is 0.189. The number of ether oxygens (including phenoxy) is 1. The summed E-state index contributed by atoms with van der Waals surface area (Å²) in [6, 6.07) is 9.17. The SMILES string of the molecule is COC(=O)Cn1c(C)c(CN2C[C@H]3C[C@@H](O)CN3C[C@H]2C)c2ccccc21. The van der Waals surface area contributed by atoms with Crippen molar-refractivity contribution in [1.82, 2.24) is 14.4 Å². The Bertz CT molecular complexity index is 847. The fraction of sp³-hybridized carbons (Fsp3) is 0.571. The number of methoxy groups -OCH3 is 1. The third-order valence-corrected chi connectivity index (χ3v) is 6.31. The number of para-hydroxylation sites is 1. The number of aliphatic hydroxyl groups excluding tert-OH is 1. The van der Waals surface area contributed by atoms with Crippen LogP contribution in [-0.4, -0.2) is 70.4 Å². The molecule has 0 spiro atoms. The molecule has 1 aromatic carbocycles. The molecule has 146 valence electrons. The summed E-state index contributed by atoms with van der Waals surface area (Å²) in [6.07, 6.45) is 0.678.